The van der Waals surface area contributed by atoms with E-state index in [1.807, 2.05) is 30.3 Å². The second kappa shape index (κ2) is 16.3. The summed E-state index contributed by atoms with van der Waals surface area (Å²) in [7, 11) is 0. The van der Waals surface area contributed by atoms with E-state index < -0.39 is 29.7 Å². The minimum atomic E-state index is -0.970. The first-order valence-electron chi connectivity index (χ1n) is 20.9. The number of imide groups is 2. The molecule has 3 aromatic carbocycles. The predicted octanol–water partition coefficient (Wildman–Crippen LogP) is 5.59. The van der Waals surface area contributed by atoms with Gasteiger partial charge in [0.15, 0.2) is 0 Å². The lowest BCUT2D eigenvalue weighted by molar-refractivity contribution is -0.136. The molecular formula is C45H47ClN6O7. The SMILES string of the molecule is N#Cc1ccc(OC2CC3CCC(C2)N3C(=O)c2ccc(OC3CCN(CC4CCN(c5ccc6c(c5)C(=O)N(C5CCC(=O)NC5=O)C6=O)CC4)CC3)cc2)cc1Cl. The van der Waals surface area contributed by atoms with E-state index in [1.54, 1.807) is 30.3 Å². The molecule has 6 aliphatic heterocycles. The third-order valence-corrected chi connectivity index (χ3v) is 13.5. The molecule has 306 valence electrons. The summed E-state index contributed by atoms with van der Waals surface area (Å²) in [5, 5.41) is 11.8. The number of carbonyl (C=O) groups excluding carboxylic acids is 5. The Labute approximate surface area is 348 Å². The van der Waals surface area contributed by atoms with Crippen LogP contribution in [-0.2, 0) is 9.59 Å². The highest BCUT2D eigenvalue weighted by Gasteiger charge is 2.46. The van der Waals surface area contributed by atoms with E-state index >= 15 is 0 Å². The zero-order chi connectivity index (χ0) is 40.8. The summed E-state index contributed by atoms with van der Waals surface area (Å²) in [6.07, 6.45) is 7.71. The quantitative estimate of drug-likeness (QED) is 0.271. The largest absolute Gasteiger partial charge is 0.490 e. The molecule has 9 rings (SSSR count). The Morgan fingerprint density at radius 3 is 2.12 bits per heavy atom. The summed E-state index contributed by atoms with van der Waals surface area (Å²) in [6, 6.07) is 19.5. The van der Waals surface area contributed by atoms with Crippen molar-refractivity contribution in [3.63, 3.8) is 0 Å². The van der Waals surface area contributed by atoms with Crippen molar-refractivity contribution in [3.05, 3.63) is 87.9 Å². The molecule has 5 saturated heterocycles. The minimum Gasteiger partial charge on any atom is -0.490 e. The van der Waals surface area contributed by atoms with Crippen molar-refractivity contribution < 1.29 is 33.4 Å². The van der Waals surface area contributed by atoms with Crippen LogP contribution in [0.5, 0.6) is 11.5 Å². The normalized spacial score (nSPS) is 25.2. The number of carbonyl (C=O) groups is 5. The van der Waals surface area contributed by atoms with E-state index in [1.165, 1.54) is 0 Å². The van der Waals surface area contributed by atoms with Crippen molar-refractivity contribution >= 4 is 46.8 Å². The van der Waals surface area contributed by atoms with E-state index in [0.717, 1.165) is 100 Å². The van der Waals surface area contributed by atoms with Crippen LogP contribution in [0.3, 0.4) is 0 Å². The van der Waals surface area contributed by atoms with Crippen LogP contribution in [0.2, 0.25) is 5.02 Å². The molecule has 0 radical (unpaired) electrons. The lowest BCUT2D eigenvalue weighted by Gasteiger charge is -2.39. The average Bonchev–Trinajstić information content (AvgIpc) is 3.65. The van der Waals surface area contributed by atoms with Gasteiger partial charge in [0.1, 0.15) is 35.8 Å². The van der Waals surface area contributed by atoms with E-state index in [0.29, 0.717) is 38.9 Å². The summed E-state index contributed by atoms with van der Waals surface area (Å²) >= 11 is 6.22. The Balaban J connectivity index is 0.711. The molecular weight excluding hydrogens is 772 g/mol. The monoisotopic (exact) mass is 818 g/mol. The summed E-state index contributed by atoms with van der Waals surface area (Å²) in [4.78, 5) is 72.1. The van der Waals surface area contributed by atoms with Gasteiger partial charge in [0.05, 0.1) is 21.7 Å². The number of likely N-dealkylation sites (tertiary alicyclic amines) is 1. The molecule has 6 aliphatic rings. The van der Waals surface area contributed by atoms with Gasteiger partial charge in [-0.05, 0) is 105 Å². The summed E-state index contributed by atoms with van der Waals surface area (Å²) < 4.78 is 12.7. The number of ether oxygens (including phenoxy) is 2. The number of nitriles is 1. The number of nitrogens with one attached hydrogen (secondary N) is 1. The van der Waals surface area contributed by atoms with Gasteiger partial charge in [0, 0.05) is 81.4 Å². The van der Waals surface area contributed by atoms with Crippen molar-refractivity contribution in [1.82, 2.24) is 20.0 Å². The predicted molar refractivity (Wildman–Crippen MR) is 217 cm³/mol. The van der Waals surface area contributed by atoms with Crippen LogP contribution >= 0.6 is 11.6 Å². The van der Waals surface area contributed by atoms with Crippen molar-refractivity contribution in [2.45, 2.75) is 94.5 Å². The van der Waals surface area contributed by atoms with Gasteiger partial charge in [-0.3, -0.25) is 34.2 Å². The molecule has 14 heteroatoms. The maximum absolute atomic E-state index is 13.7. The lowest BCUT2D eigenvalue weighted by Crippen LogP contribution is -2.54. The van der Waals surface area contributed by atoms with Crippen LogP contribution in [0.15, 0.2) is 60.7 Å². The number of rotatable bonds is 9. The number of amides is 5. The fraction of sp³-hybridized carbons (Fsp3) is 0.467. The van der Waals surface area contributed by atoms with Crippen molar-refractivity contribution in [2.75, 3.05) is 37.6 Å². The number of nitrogens with zero attached hydrogens (tertiary/aromatic N) is 5. The van der Waals surface area contributed by atoms with Gasteiger partial charge in [-0.15, -0.1) is 0 Å². The molecule has 0 aliphatic carbocycles. The third kappa shape index (κ3) is 7.88. The van der Waals surface area contributed by atoms with Gasteiger partial charge in [-0.25, -0.2) is 0 Å². The summed E-state index contributed by atoms with van der Waals surface area (Å²) in [5.74, 6) is 0.0835. The molecule has 59 heavy (non-hydrogen) atoms. The standard InChI is InChI=1S/C45H47ClN6O7/c46-39-24-35(9-3-29(39)25-47)59-36-21-31-4-5-32(22-36)51(31)43(55)28-1-7-33(8-2-28)58-34-15-17-49(18-16-34)26-27-13-19-50(20-14-27)30-6-10-37-38(23-30)45(57)52(44(37)56)40-11-12-41(53)48-42(40)54/h1-3,6-10,23-24,27,31-32,34,36,40H,4-5,11-22,26H2,(H,48,53,54). The highest BCUT2D eigenvalue weighted by molar-refractivity contribution is 6.31. The topological polar surface area (TPSA) is 153 Å². The highest BCUT2D eigenvalue weighted by Crippen LogP contribution is 2.39. The number of anilines is 1. The van der Waals surface area contributed by atoms with Crippen LogP contribution in [0, 0.1) is 17.2 Å². The smallest absolute Gasteiger partial charge is 0.262 e. The van der Waals surface area contributed by atoms with Crippen LogP contribution < -0.4 is 19.7 Å². The van der Waals surface area contributed by atoms with Gasteiger partial charge in [0.2, 0.25) is 11.8 Å². The van der Waals surface area contributed by atoms with Crippen LogP contribution in [0.25, 0.3) is 0 Å². The fourth-order valence-electron chi connectivity index (χ4n) is 10.0. The van der Waals surface area contributed by atoms with E-state index in [9.17, 15) is 24.0 Å². The molecule has 1 N–H and O–H groups in total. The minimum absolute atomic E-state index is 0.00930. The Hall–Kier alpha value is -5.45. The maximum atomic E-state index is 13.7. The molecule has 6 heterocycles. The first kappa shape index (κ1) is 39.0. The molecule has 13 nitrogen and oxygen atoms in total. The third-order valence-electron chi connectivity index (χ3n) is 13.1. The molecule has 3 unspecified atom stereocenters. The van der Waals surface area contributed by atoms with Gasteiger partial charge < -0.3 is 24.2 Å². The fourth-order valence-corrected chi connectivity index (χ4v) is 10.2. The summed E-state index contributed by atoms with van der Waals surface area (Å²) in [6.45, 7) is 4.67. The Kier molecular flexibility index (Phi) is 10.8. The Morgan fingerprint density at radius 1 is 0.763 bits per heavy atom. The van der Waals surface area contributed by atoms with Crippen molar-refractivity contribution in [2.24, 2.45) is 5.92 Å². The number of hydrogen-bond acceptors (Lipinski definition) is 10. The molecule has 5 amide bonds. The number of benzene rings is 3. The highest BCUT2D eigenvalue weighted by atomic mass is 35.5. The van der Waals surface area contributed by atoms with Gasteiger partial charge >= 0.3 is 0 Å². The zero-order valence-corrected chi connectivity index (χ0v) is 33.6. The molecule has 2 bridgehead atoms. The van der Waals surface area contributed by atoms with Gasteiger partial charge in [-0.2, -0.15) is 5.26 Å². The lowest BCUT2D eigenvalue weighted by atomic mass is 9.94. The number of fused-ring (bicyclic) bond motifs is 3. The molecule has 0 saturated carbocycles. The first-order valence-corrected chi connectivity index (χ1v) is 21.3. The number of halogens is 1. The van der Waals surface area contributed by atoms with Crippen LogP contribution in [0.1, 0.15) is 101 Å². The van der Waals surface area contributed by atoms with Crippen molar-refractivity contribution in [1.29, 1.82) is 5.26 Å². The molecule has 5 fully saturated rings. The van der Waals surface area contributed by atoms with E-state index in [4.69, 9.17) is 26.3 Å². The second-order valence-corrected chi connectivity index (χ2v) is 17.2. The number of hydrogen-bond donors (Lipinski definition) is 1. The number of piperidine rings is 4. The first-order chi connectivity index (χ1) is 28.6. The zero-order valence-electron chi connectivity index (χ0n) is 32.8. The average molecular weight is 819 g/mol. The maximum Gasteiger partial charge on any atom is 0.262 e. The molecule has 3 aromatic rings. The van der Waals surface area contributed by atoms with E-state index in [2.05, 4.69) is 26.1 Å². The molecule has 0 spiro atoms. The second-order valence-electron chi connectivity index (χ2n) is 16.8. The van der Waals surface area contributed by atoms with E-state index in [-0.39, 0.29) is 43.0 Å². The molecule has 3 atom stereocenters. The Morgan fingerprint density at radius 2 is 1.44 bits per heavy atom. The van der Waals surface area contributed by atoms with Gasteiger partial charge in [-0.1, -0.05) is 11.6 Å². The van der Waals surface area contributed by atoms with Crippen molar-refractivity contribution in [3.8, 4) is 17.6 Å². The van der Waals surface area contributed by atoms with Crippen LogP contribution in [0.4, 0.5) is 5.69 Å². The molecule has 0 aromatic heterocycles. The van der Waals surface area contributed by atoms with Gasteiger partial charge in [0.25, 0.3) is 17.7 Å². The van der Waals surface area contributed by atoms with Crippen LogP contribution in [-0.4, -0.2) is 107 Å². The summed E-state index contributed by atoms with van der Waals surface area (Å²) in [5.41, 5.74) is 2.60. The Bertz CT molecular complexity index is 2200.